The van der Waals surface area contributed by atoms with Crippen LogP contribution in [0.25, 0.3) is 0 Å². The zero-order chi connectivity index (χ0) is 30.3. The van der Waals surface area contributed by atoms with Gasteiger partial charge < -0.3 is 29.8 Å². The van der Waals surface area contributed by atoms with Crippen molar-refractivity contribution in [1.82, 2.24) is 0 Å². The SMILES string of the molecule is CC(CC(c1ccc(OC(=O)CC(C)(C)C)c(OC(=O)CC(C)(C)C)c1)[C@H](N)C(=O)O)OC(=O)OC(C)(C)C. The Hall–Kier alpha value is -3.14. The third-order valence-corrected chi connectivity index (χ3v) is 5.18. The molecule has 3 atom stereocenters. The largest absolute Gasteiger partial charge is 0.509 e. The van der Waals surface area contributed by atoms with Crippen molar-refractivity contribution in [1.29, 1.82) is 0 Å². The molecule has 0 aliphatic carbocycles. The number of aliphatic carboxylic acids is 1. The first-order chi connectivity index (χ1) is 17.6. The van der Waals surface area contributed by atoms with E-state index in [1.165, 1.54) is 12.1 Å². The van der Waals surface area contributed by atoms with Crippen LogP contribution in [0.1, 0.15) is 100.0 Å². The normalized spacial score (nSPS) is 14.5. The van der Waals surface area contributed by atoms with Gasteiger partial charge in [0.05, 0.1) is 12.8 Å². The minimum absolute atomic E-state index is 0.0240. The van der Waals surface area contributed by atoms with Crippen LogP contribution in [-0.2, 0) is 23.9 Å². The molecule has 0 aromatic heterocycles. The molecule has 0 radical (unpaired) electrons. The third kappa shape index (κ3) is 13.5. The summed E-state index contributed by atoms with van der Waals surface area (Å²) in [5.41, 5.74) is 4.98. The monoisotopic (exact) mass is 551 g/mol. The number of hydrogen-bond acceptors (Lipinski definition) is 9. The van der Waals surface area contributed by atoms with Gasteiger partial charge in [0.25, 0.3) is 0 Å². The van der Waals surface area contributed by atoms with Gasteiger partial charge in [-0.05, 0) is 62.6 Å². The van der Waals surface area contributed by atoms with Crippen LogP contribution >= 0.6 is 0 Å². The van der Waals surface area contributed by atoms with E-state index in [4.69, 9.17) is 24.7 Å². The van der Waals surface area contributed by atoms with E-state index in [0.717, 1.165) is 0 Å². The zero-order valence-electron chi connectivity index (χ0n) is 24.9. The summed E-state index contributed by atoms with van der Waals surface area (Å²) in [4.78, 5) is 49.2. The minimum atomic E-state index is -1.37. The number of hydrogen-bond donors (Lipinski definition) is 2. The molecule has 0 saturated heterocycles. The number of ether oxygens (including phenoxy) is 4. The highest BCUT2D eigenvalue weighted by Gasteiger charge is 2.31. The smallest absolute Gasteiger partial charge is 0.480 e. The lowest BCUT2D eigenvalue weighted by molar-refractivity contribution is -0.139. The first kappa shape index (κ1) is 33.9. The molecule has 0 fully saturated rings. The molecular formula is C29H45NO9. The fraction of sp³-hybridized carbons (Fsp3) is 0.655. The number of carbonyl (C=O) groups is 4. The maximum absolute atomic E-state index is 12.7. The average molecular weight is 552 g/mol. The van der Waals surface area contributed by atoms with Crippen molar-refractivity contribution in [2.24, 2.45) is 16.6 Å². The van der Waals surface area contributed by atoms with E-state index in [1.807, 2.05) is 41.5 Å². The van der Waals surface area contributed by atoms with Crippen molar-refractivity contribution in [3.8, 4) is 11.5 Å². The van der Waals surface area contributed by atoms with Gasteiger partial charge in [0, 0.05) is 5.92 Å². The molecule has 39 heavy (non-hydrogen) atoms. The number of benzene rings is 1. The van der Waals surface area contributed by atoms with Gasteiger partial charge >= 0.3 is 24.1 Å². The van der Waals surface area contributed by atoms with Crippen LogP contribution in [0.4, 0.5) is 4.79 Å². The summed E-state index contributed by atoms with van der Waals surface area (Å²) in [7, 11) is 0. The van der Waals surface area contributed by atoms with Crippen molar-refractivity contribution < 1.29 is 43.2 Å². The van der Waals surface area contributed by atoms with Gasteiger partial charge in [0.2, 0.25) is 0 Å². The number of rotatable bonds is 10. The highest BCUT2D eigenvalue weighted by Crippen LogP contribution is 2.36. The number of esters is 2. The van der Waals surface area contributed by atoms with Crippen LogP contribution in [0.3, 0.4) is 0 Å². The lowest BCUT2D eigenvalue weighted by Crippen LogP contribution is -2.38. The van der Waals surface area contributed by atoms with Crippen LogP contribution in [0.2, 0.25) is 0 Å². The Morgan fingerprint density at radius 2 is 1.33 bits per heavy atom. The fourth-order valence-corrected chi connectivity index (χ4v) is 3.61. The Morgan fingerprint density at radius 3 is 1.77 bits per heavy atom. The molecule has 0 aliphatic rings. The molecule has 1 aromatic rings. The highest BCUT2D eigenvalue weighted by molar-refractivity contribution is 5.77. The molecule has 220 valence electrons. The van der Waals surface area contributed by atoms with Crippen LogP contribution in [0.15, 0.2) is 18.2 Å². The van der Waals surface area contributed by atoms with Crippen LogP contribution < -0.4 is 15.2 Å². The Morgan fingerprint density at radius 1 is 0.846 bits per heavy atom. The summed E-state index contributed by atoms with van der Waals surface area (Å²) in [6.07, 6.45) is -1.41. The quantitative estimate of drug-likeness (QED) is 0.278. The standard InChI is InChI=1S/C29H45NO9/c1-17(36-26(35)39-29(8,9)10)13-19(24(30)25(33)34)18-11-12-20(37-22(31)15-27(2,3)4)21(14-18)38-23(32)16-28(5,6)7/h11-12,14,17,19,24H,13,15-16,30H2,1-10H3,(H,33,34)/t17?,19?,24-/m0/s1. The van der Waals surface area contributed by atoms with Gasteiger partial charge in [-0.25, -0.2) is 4.79 Å². The molecule has 0 aliphatic heterocycles. The van der Waals surface area contributed by atoms with Crippen molar-refractivity contribution >= 4 is 24.1 Å². The molecule has 10 heteroatoms. The summed E-state index contributed by atoms with van der Waals surface area (Å²) in [5, 5.41) is 9.67. The van der Waals surface area contributed by atoms with E-state index in [0.29, 0.717) is 5.56 Å². The Balaban J connectivity index is 3.39. The summed E-state index contributed by atoms with van der Waals surface area (Å²) < 4.78 is 21.6. The van der Waals surface area contributed by atoms with E-state index in [9.17, 15) is 24.3 Å². The summed E-state index contributed by atoms with van der Waals surface area (Å²) >= 11 is 0. The van der Waals surface area contributed by atoms with Crippen molar-refractivity contribution in [3.63, 3.8) is 0 Å². The maximum Gasteiger partial charge on any atom is 0.509 e. The van der Waals surface area contributed by atoms with Gasteiger partial charge in [-0.3, -0.25) is 14.4 Å². The number of carboxylic acids is 1. The van der Waals surface area contributed by atoms with Crippen LogP contribution in [0.5, 0.6) is 11.5 Å². The second-order valence-corrected chi connectivity index (χ2v) is 13.2. The van der Waals surface area contributed by atoms with Gasteiger partial charge in [0.15, 0.2) is 11.5 Å². The van der Waals surface area contributed by atoms with E-state index in [1.54, 1.807) is 33.8 Å². The summed E-state index contributed by atoms with van der Waals surface area (Å²) in [6.45, 7) is 18.0. The second kappa shape index (κ2) is 13.3. The fourth-order valence-electron chi connectivity index (χ4n) is 3.61. The first-order valence-corrected chi connectivity index (χ1v) is 13.0. The number of carboxylic acid groups (broad SMARTS) is 1. The van der Waals surface area contributed by atoms with E-state index in [-0.39, 0.29) is 41.6 Å². The predicted molar refractivity (Wildman–Crippen MR) is 146 cm³/mol. The third-order valence-electron chi connectivity index (χ3n) is 5.18. The molecule has 0 bridgehead atoms. The predicted octanol–water partition coefficient (Wildman–Crippen LogP) is 5.60. The van der Waals surface area contributed by atoms with Crippen molar-refractivity contribution in [2.45, 2.75) is 112 Å². The molecule has 3 N–H and O–H groups in total. The van der Waals surface area contributed by atoms with Gasteiger partial charge in [-0.2, -0.15) is 0 Å². The lowest BCUT2D eigenvalue weighted by atomic mass is 9.87. The zero-order valence-corrected chi connectivity index (χ0v) is 24.9. The molecule has 0 spiro atoms. The number of nitrogens with two attached hydrogens (primary N) is 1. The number of carbonyl (C=O) groups excluding carboxylic acids is 3. The Kier molecular flexibility index (Phi) is 11.5. The molecule has 0 saturated carbocycles. The highest BCUT2D eigenvalue weighted by atomic mass is 16.7. The average Bonchev–Trinajstić information content (AvgIpc) is 2.68. The first-order valence-electron chi connectivity index (χ1n) is 13.0. The summed E-state index contributed by atoms with van der Waals surface area (Å²) in [5.74, 6) is -3.19. The van der Waals surface area contributed by atoms with Crippen LogP contribution in [0, 0.1) is 10.8 Å². The van der Waals surface area contributed by atoms with Gasteiger partial charge in [0.1, 0.15) is 17.7 Å². The Labute approximate surface area is 231 Å². The molecule has 0 heterocycles. The molecule has 1 rings (SSSR count). The minimum Gasteiger partial charge on any atom is -0.480 e. The van der Waals surface area contributed by atoms with Gasteiger partial charge in [-0.15, -0.1) is 0 Å². The van der Waals surface area contributed by atoms with Crippen LogP contribution in [-0.4, -0.2) is 46.9 Å². The van der Waals surface area contributed by atoms with E-state index in [2.05, 4.69) is 0 Å². The molecule has 1 aromatic carbocycles. The van der Waals surface area contributed by atoms with Crippen molar-refractivity contribution in [3.05, 3.63) is 23.8 Å². The van der Waals surface area contributed by atoms with E-state index < -0.39 is 47.7 Å². The summed E-state index contributed by atoms with van der Waals surface area (Å²) in [6, 6.07) is 3.06. The van der Waals surface area contributed by atoms with Gasteiger partial charge in [-0.1, -0.05) is 47.6 Å². The lowest BCUT2D eigenvalue weighted by Gasteiger charge is -2.26. The molecule has 2 unspecified atom stereocenters. The Bertz CT molecular complexity index is 1030. The molecule has 10 nitrogen and oxygen atoms in total. The van der Waals surface area contributed by atoms with E-state index >= 15 is 0 Å². The molecule has 0 amide bonds. The second-order valence-electron chi connectivity index (χ2n) is 13.2. The molecular weight excluding hydrogens is 506 g/mol. The topological polar surface area (TPSA) is 151 Å². The van der Waals surface area contributed by atoms with Crippen molar-refractivity contribution in [2.75, 3.05) is 0 Å². The maximum atomic E-state index is 12.7.